The molecular weight excluding hydrogens is 152 g/mol. The second-order valence-corrected chi connectivity index (χ2v) is 2.18. The predicted molar refractivity (Wildman–Crippen MR) is 35.3 cm³/mol. The van der Waals surface area contributed by atoms with Crippen molar-refractivity contribution in [3.05, 3.63) is 12.2 Å². The van der Waals surface area contributed by atoms with E-state index in [0.717, 1.165) is 6.42 Å². The number of aromatic nitrogens is 3. The number of aryl methyl sites for hydroxylation is 1. The predicted octanol–water partition coefficient (Wildman–Crippen LogP) is 1.63. The van der Waals surface area contributed by atoms with Gasteiger partial charge in [-0.1, -0.05) is 6.92 Å². The third-order valence-electron chi connectivity index (χ3n) is 1.31. The Morgan fingerprint density at radius 1 is 1.64 bits per heavy atom. The Morgan fingerprint density at radius 3 is 2.91 bits per heavy atom. The molecule has 0 bridgehead atoms. The molecule has 11 heavy (non-hydrogen) atoms. The molecule has 0 spiro atoms. The van der Waals surface area contributed by atoms with Crippen molar-refractivity contribution in [2.24, 2.45) is 0 Å². The maximum atomic E-state index is 12.1. The van der Waals surface area contributed by atoms with Gasteiger partial charge in [0, 0.05) is 6.54 Å². The van der Waals surface area contributed by atoms with E-state index in [0.29, 0.717) is 6.54 Å². The van der Waals surface area contributed by atoms with E-state index in [-0.39, 0.29) is 5.82 Å². The third-order valence-corrected chi connectivity index (χ3v) is 1.31. The molecule has 0 aliphatic heterocycles. The largest absolute Gasteiger partial charge is 0.313 e. The smallest absolute Gasteiger partial charge is 0.297 e. The Bertz CT molecular complexity index is 221. The van der Waals surface area contributed by atoms with Crippen LogP contribution >= 0.6 is 0 Å². The minimum Gasteiger partial charge on any atom is -0.313 e. The van der Waals surface area contributed by atoms with E-state index in [4.69, 9.17) is 0 Å². The first-order chi connectivity index (χ1) is 5.25. The summed E-state index contributed by atoms with van der Waals surface area (Å²) in [5.74, 6) is -0.244. The summed E-state index contributed by atoms with van der Waals surface area (Å²) in [7, 11) is 0. The van der Waals surface area contributed by atoms with Crippen LogP contribution in [-0.4, -0.2) is 14.8 Å². The van der Waals surface area contributed by atoms with E-state index in [9.17, 15) is 8.78 Å². The van der Waals surface area contributed by atoms with Crippen molar-refractivity contribution in [3.8, 4) is 0 Å². The Labute approximate surface area is 63.0 Å². The highest BCUT2D eigenvalue weighted by molar-refractivity contribution is 4.86. The molecule has 0 aliphatic carbocycles. The van der Waals surface area contributed by atoms with E-state index in [2.05, 4.69) is 10.2 Å². The molecule has 0 saturated carbocycles. The molecule has 0 radical (unpaired) electrons. The highest BCUT2D eigenvalue weighted by Gasteiger charge is 2.13. The lowest BCUT2D eigenvalue weighted by atomic mass is 10.4. The van der Waals surface area contributed by atoms with Gasteiger partial charge < -0.3 is 4.57 Å². The van der Waals surface area contributed by atoms with Gasteiger partial charge in [0.15, 0.2) is 5.82 Å². The van der Waals surface area contributed by atoms with Crippen molar-refractivity contribution in [2.45, 2.75) is 26.3 Å². The number of hydrogen-bond donors (Lipinski definition) is 0. The van der Waals surface area contributed by atoms with Crippen LogP contribution in [0.3, 0.4) is 0 Å². The molecule has 1 heterocycles. The lowest BCUT2D eigenvalue weighted by Crippen LogP contribution is -2.02. The van der Waals surface area contributed by atoms with E-state index in [1.165, 1.54) is 10.9 Å². The Morgan fingerprint density at radius 2 is 2.36 bits per heavy atom. The number of rotatable bonds is 3. The summed E-state index contributed by atoms with van der Waals surface area (Å²) >= 11 is 0. The molecule has 0 atom stereocenters. The van der Waals surface area contributed by atoms with Gasteiger partial charge in [0.05, 0.1) is 0 Å². The second kappa shape index (κ2) is 3.41. The molecule has 0 saturated heterocycles. The monoisotopic (exact) mass is 161 g/mol. The van der Waals surface area contributed by atoms with Gasteiger partial charge in [0.1, 0.15) is 6.33 Å². The van der Waals surface area contributed by atoms with Gasteiger partial charge in [-0.15, -0.1) is 10.2 Å². The van der Waals surface area contributed by atoms with Crippen LogP contribution in [0.2, 0.25) is 0 Å². The summed E-state index contributed by atoms with van der Waals surface area (Å²) in [5.41, 5.74) is 0. The zero-order valence-electron chi connectivity index (χ0n) is 6.17. The minimum absolute atomic E-state index is 0.244. The van der Waals surface area contributed by atoms with Gasteiger partial charge in [-0.05, 0) is 6.42 Å². The SMILES string of the molecule is CCCn1cnnc1C(F)F. The topological polar surface area (TPSA) is 30.7 Å². The summed E-state index contributed by atoms with van der Waals surface area (Å²) in [5, 5.41) is 6.69. The quantitative estimate of drug-likeness (QED) is 0.674. The highest BCUT2D eigenvalue weighted by Crippen LogP contribution is 2.15. The van der Waals surface area contributed by atoms with Crippen LogP contribution in [0.4, 0.5) is 8.78 Å². The van der Waals surface area contributed by atoms with Crippen LogP contribution in [-0.2, 0) is 6.54 Å². The molecule has 0 amide bonds. The van der Waals surface area contributed by atoms with E-state index in [1.54, 1.807) is 0 Å². The summed E-state index contributed by atoms with van der Waals surface area (Å²) in [6, 6.07) is 0. The Balaban J connectivity index is 2.78. The van der Waals surface area contributed by atoms with Gasteiger partial charge in [0.2, 0.25) is 0 Å². The Kier molecular flexibility index (Phi) is 2.51. The summed E-state index contributed by atoms with van der Waals surface area (Å²) < 4.78 is 25.5. The first-order valence-corrected chi connectivity index (χ1v) is 3.41. The zero-order chi connectivity index (χ0) is 8.27. The lowest BCUT2D eigenvalue weighted by Gasteiger charge is -2.01. The maximum Gasteiger partial charge on any atom is 0.297 e. The number of alkyl halides is 2. The van der Waals surface area contributed by atoms with Crippen LogP contribution in [0.25, 0.3) is 0 Å². The molecule has 3 nitrogen and oxygen atoms in total. The Hall–Kier alpha value is -1.00. The molecule has 1 aromatic heterocycles. The number of nitrogens with zero attached hydrogens (tertiary/aromatic N) is 3. The van der Waals surface area contributed by atoms with Crippen molar-refractivity contribution in [2.75, 3.05) is 0 Å². The molecule has 5 heteroatoms. The maximum absolute atomic E-state index is 12.1. The van der Waals surface area contributed by atoms with Gasteiger partial charge in [-0.2, -0.15) is 0 Å². The molecular formula is C6H9F2N3. The molecule has 0 aliphatic rings. The van der Waals surface area contributed by atoms with Gasteiger partial charge in [-0.3, -0.25) is 0 Å². The minimum atomic E-state index is -2.52. The van der Waals surface area contributed by atoms with Crippen LogP contribution in [0.5, 0.6) is 0 Å². The fourth-order valence-electron chi connectivity index (χ4n) is 0.846. The normalized spacial score (nSPS) is 10.9. The average molecular weight is 161 g/mol. The van der Waals surface area contributed by atoms with Crippen molar-refractivity contribution >= 4 is 0 Å². The van der Waals surface area contributed by atoms with E-state index < -0.39 is 6.43 Å². The standard InChI is InChI=1S/C6H9F2N3/c1-2-3-11-4-9-10-6(11)5(7)8/h4-5H,2-3H2,1H3. The summed E-state index contributed by atoms with van der Waals surface area (Å²) in [4.78, 5) is 0. The number of hydrogen-bond acceptors (Lipinski definition) is 2. The fourth-order valence-corrected chi connectivity index (χ4v) is 0.846. The third kappa shape index (κ3) is 1.72. The van der Waals surface area contributed by atoms with Crippen LogP contribution in [0, 0.1) is 0 Å². The van der Waals surface area contributed by atoms with Crippen molar-refractivity contribution in [1.29, 1.82) is 0 Å². The first kappa shape index (κ1) is 8.10. The zero-order valence-corrected chi connectivity index (χ0v) is 6.17. The molecule has 0 fully saturated rings. The lowest BCUT2D eigenvalue weighted by molar-refractivity contribution is 0.134. The molecule has 1 aromatic rings. The number of halogens is 2. The van der Waals surface area contributed by atoms with Crippen molar-refractivity contribution < 1.29 is 8.78 Å². The van der Waals surface area contributed by atoms with Crippen molar-refractivity contribution in [1.82, 2.24) is 14.8 Å². The van der Waals surface area contributed by atoms with Gasteiger partial charge in [-0.25, -0.2) is 8.78 Å². The van der Waals surface area contributed by atoms with E-state index >= 15 is 0 Å². The van der Waals surface area contributed by atoms with Crippen LogP contribution in [0.15, 0.2) is 6.33 Å². The van der Waals surface area contributed by atoms with Crippen LogP contribution < -0.4 is 0 Å². The van der Waals surface area contributed by atoms with Gasteiger partial charge >= 0.3 is 0 Å². The molecule has 0 unspecified atom stereocenters. The fraction of sp³-hybridized carbons (Fsp3) is 0.667. The van der Waals surface area contributed by atoms with E-state index in [1.807, 2.05) is 6.92 Å². The molecule has 0 N–H and O–H groups in total. The average Bonchev–Trinajstić information content (AvgIpc) is 2.36. The second-order valence-electron chi connectivity index (χ2n) is 2.18. The van der Waals surface area contributed by atoms with Crippen LogP contribution in [0.1, 0.15) is 25.6 Å². The summed E-state index contributed by atoms with van der Waals surface area (Å²) in [6.45, 7) is 2.46. The van der Waals surface area contributed by atoms with Gasteiger partial charge in [0.25, 0.3) is 6.43 Å². The summed E-state index contributed by atoms with van der Waals surface area (Å²) in [6.07, 6.45) is -0.396. The molecule has 1 rings (SSSR count). The van der Waals surface area contributed by atoms with Crippen molar-refractivity contribution in [3.63, 3.8) is 0 Å². The highest BCUT2D eigenvalue weighted by atomic mass is 19.3. The molecule has 0 aromatic carbocycles. The first-order valence-electron chi connectivity index (χ1n) is 3.41. The molecule has 62 valence electrons.